The molecule has 0 atom stereocenters. The Hall–Kier alpha value is -4.31. The average Bonchev–Trinajstić information content (AvgIpc) is 3.53. The Morgan fingerprint density at radius 1 is 0.971 bits per heavy atom. The monoisotopic (exact) mass is 477 g/mol. The molecule has 3 heterocycles. The number of hydrogen-bond acceptors (Lipinski definition) is 4. The fraction of sp³-hybridized carbons (Fsp3) is 0.0435. The Labute approximate surface area is 194 Å². The predicted octanol–water partition coefficient (Wildman–Crippen LogP) is 4.43. The SMILES string of the molecule is O=c1[nH]c2ccc(-n3nnc4c(Cl)cc(-c5ccnn5Cc5cc(F)ccc5F)cc43)cc2[nH]1. The second-order valence-electron chi connectivity index (χ2n) is 7.75. The second-order valence-corrected chi connectivity index (χ2v) is 8.15. The molecule has 0 aliphatic heterocycles. The van der Waals surface area contributed by atoms with Crippen molar-refractivity contribution in [1.29, 1.82) is 0 Å². The van der Waals surface area contributed by atoms with Gasteiger partial charge in [0.15, 0.2) is 0 Å². The molecular formula is C23H14ClF2N7O. The fourth-order valence-corrected chi connectivity index (χ4v) is 4.26. The molecule has 0 amide bonds. The molecule has 34 heavy (non-hydrogen) atoms. The van der Waals surface area contributed by atoms with Crippen LogP contribution in [0.2, 0.25) is 5.02 Å². The summed E-state index contributed by atoms with van der Waals surface area (Å²) in [5, 5.41) is 13.1. The Kier molecular flexibility index (Phi) is 4.56. The van der Waals surface area contributed by atoms with E-state index in [2.05, 4.69) is 25.4 Å². The van der Waals surface area contributed by atoms with E-state index >= 15 is 0 Å². The van der Waals surface area contributed by atoms with Gasteiger partial charge in [-0.1, -0.05) is 16.8 Å². The van der Waals surface area contributed by atoms with Gasteiger partial charge in [0.2, 0.25) is 0 Å². The number of fused-ring (bicyclic) bond motifs is 2. The third-order valence-corrected chi connectivity index (χ3v) is 5.88. The molecule has 0 aliphatic rings. The van der Waals surface area contributed by atoms with Crippen LogP contribution in [0.5, 0.6) is 0 Å². The van der Waals surface area contributed by atoms with Crippen LogP contribution in [0.3, 0.4) is 0 Å². The topological polar surface area (TPSA) is 97.2 Å². The zero-order valence-electron chi connectivity index (χ0n) is 17.3. The number of hydrogen-bond donors (Lipinski definition) is 2. The molecule has 6 rings (SSSR count). The minimum absolute atomic E-state index is 0.0383. The normalized spacial score (nSPS) is 11.6. The molecule has 0 spiro atoms. The largest absolute Gasteiger partial charge is 0.323 e. The molecule has 0 saturated carbocycles. The van der Waals surface area contributed by atoms with Gasteiger partial charge in [-0.2, -0.15) is 5.10 Å². The maximum atomic E-state index is 14.2. The molecule has 0 unspecified atom stereocenters. The molecule has 2 N–H and O–H groups in total. The van der Waals surface area contributed by atoms with E-state index in [9.17, 15) is 13.6 Å². The fourth-order valence-electron chi connectivity index (χ4n) is 4.00. The molecule has 0 aliphatic carbocycles. The maximum absolute atomic E-state index is 14.2. The summed E-state index contributed by atoms with van der Waals surface area (Å²) in [6, 6.07) is 14.0. The number of benzene rings is 3. The summed E-state index contributed by atoms with van der Waals surface area (Å²) in [7, 11) is 0. The summed E-state index contributed by atoms with van der Waals surface area (Å²) >= 11 is 6.53. The van der Waals surface area contributed by atoms with Crippen molar-refractivity contribution >= 4 is 33.7 Å². The van der Waals surface area contributed by atoms with Crippen molar-refractivity contribution in [3.8, 4) is 16.9 Å². The molecule has 6 aromatic rings. The van der Waals surface area contributed by atoms with Crippen molar-refractivity contribution in [1.82, 2.24) is 34.7 Å². The number of rotatable bonds is 4. The van der Waals surface area contributed by atoms with E-state index in [4.69, 9.17) is 11.6 Å². The Morgan fingerprint density at radius 3 is 2.71 bits per heavy atom. The van der Waals surface area contributed by atoms with E-state index in [-0.39, 0.29) is 17.8 Å². The van der Waals surface area contributed by atoms with Crippen LogP contribution >= 0.6 is 11.6 Å². The third-order valence-electron chi connectivity index (χ3n) is 5.59. The lowest BCUT2D eigenvalue weighted by molar-refractivity contribution is 0.568. The van der Waals surface area contributed by atoms with Crippen LogP contribution in [0.15, 0.2) is 65.6 Å². The van der Waals surface area contributed by atoms with Crippen LogP contribution in [0, 0.1) is 11.6 Å². The molecule has 0 radical (unpaired) electrons. The molecule has 0 saturated heterocycles. The highest BCUT2D eigenvalue weighted by atomic mass is 35.5. The summed E-state index contributed by atoms with van der Waals surface area (Å²) in [5.74, 6) is -1.04. The lowest BCUT2D eigenvalue weighted by Crippen LogP contribution is -2.06. The number of imidazole rings is 1. The zero-order valence-corrected chi connectivity index (χ0v) is 18.0. The molecule has 11 heteroatoms. The number of nitrogens with one attached hydrogen (secondary N) is 2. The molecule has 0 bridgehead atoms. The standard InChI is InChI=1S/C23H14ClF2N7O/c24-16-8-12(20-5-6-27-32(20)11-13-7-14(25)1-3-17(13)26)9-21-22(16)30-31-33(21)15-2-4-18-19(10-15)29-23(34)28-18/h1-10H,11H2,(H2,28,29,34). The summed E-state index contributed by atoms with van der Waals surface area (Å²) in [5.41, 5.74) is 4.33. The second kappa shape index (κ2) is 7.63. The molecular weight excluding hydrogens is 464 g/mol. The van der Waals surface area contributed by atoms with Gasteiger partial charge in [0.25, 0.3) is 0 Å². The van der Waals surface area contributed by atoms with E-state index in [0.29, 0.717) is 44.0 Å². The Bertz CT molecular complexity index is 1760. The van der Waals surface area contributed by atoms with Crippen LogP contribution in [-0.4, -0.2) is 34.7 Å². The van der Waals surface area contributed by atoms with Gasteiger partial charge in [0.05, 0.1) is 39.5 Å². The highest BCUT2D eigenvalue weighted by Crippen LogP contribution is 2.31. The van der Waals surface area contributed by atoms with Crippen molar-refractivity contribution in [3.63, 3.8) is 0 Å². The van der Waals surface area contributed by atoms with Crippen molar-refractivity contribution in [3.05, 3.63) is 93.5 Å². The molecule has 3 aromatic heterocycles. The highest BCUT2D eigenvalue weighted by molar-refractivity contribution is 6.35. The molecule has 8 nitrogen and oxygen atoms in total. The van der Waals surface area contributed by atoms with E-state index < -0.39 is 11.6 Å². The number of aromatic amines is 2. The first-order valence-electron chi connectivity index (χ1n) is 10.2. The highest BCUT2D eigenvalue weighted by Gasteiger charge is 2.16. The van der Waals surface area contributed by atoms with Gasteiger partial charge in [-0.25, -0.2) is 18.3 Å². The Morgan fingerprint density at radius 2 is 1.82 bits per heavy atom. The van der Waals surface area contributed by atoms with Crippen LogP contribution in [0.1, 0.15) is 5.56 Å². The first-order chi connectivity index (χ1) is 16.5. The van der Waals surface area contributed by atoms with Gasteiger partial charge in [-0.05, 0) is 54.6 Å². The van der Waals surface area contributed by atoms with E-state index in [1.807, 2.05) is 6.07 Å². The number of H-pyrrole nitrogens is 2. The van der Waals surface area contributed by atoms with Gasteiger partial charge in [-0.3, -0.25) is 4.68 Å². The van der Waals surface area contributed by atoms with Crippen molar-refractivity contribution in [2.75, 3.05) is 0 Å². The zero-order chi connectivity index (χ0) is 23.4. The van der Waals surface area contributed by atoms with Crippen molar-refractivity contribution < 1.29 is 8.78 Å². The molecule has 168 valence electrons. The Balaban J connectivity index is 1.46. The van der Waals surface area contributed by atoms with Gasteiger partial charge in [0.1, 0.15) is 17.2 Å². The van der Waals surface area contributed by atoms with Gasteiger partial charge >= 0.3 is 5.69 Å². The summed E-state index contributed by atoms with van der Waals surface area (Å²) in [4.78, 5) is 17.0. The third kappa shape index (κ3) is 3.35. The number of aromatic nitrogens is 7. The van der Waals surface area contributed by atoms with Crippen LogP contribution < -0.4 is 5.69 Å². The molecule has 3 aromatic carbocycles. The van der Waals surface area contributed by atoms with Gasteiger partial charge in [-0.15, -0.1) is 5.10 Å². The van der Waals surface area contributed by atoms with E-state index in [0.717, 1.165) is 18.2 Å². The van der Waals surface area contributed by atoms with E-state index in [1.165, 1.54) is 0 Å². The van der Waals surface area contributed by atoms with Gasteiger partial charge < -0.3 is 9.97 Å². The minimum atomic E-state index is -0.523. The first-order valence-corrected chi connectivity index (χ1v) is 10.6. The van der Waals surface area contributed by atoms with Gasteiger partial charge in [0, 0.05) is 17.3 Å². The lowest BCUT2D eigenvalue weighted by atomic mass is 10.1. The number of halogens is 3. The number of nitrogens with zero attached hydrogens (tertiary/aromatic N) is 5. The average molecular weight is 478 g/mol. The smallest absolute Gasteiger partial charge is 0.306 e. The van der Waals surface area contributed by atoms with Crippen LogP contribution in [-0.2, 0) is 6.54 Å². The first kappa shape index (κ1) is 20.3. The molecule has 0 fully saturated rings. The van der Waals surface area contributed by atoms with Crippen LogP contribution in [0.25, 0.3) is 39.0 Å². The predicted molar refractivity (Wildman–Crippen MR) is 123 cm³/mol. The van der Waals surface area contributed by atoms with E-state index in [1.54, 1.807) is 45.9 Å². The van der Waals surface area contributed by atoms with Crippen LogP contribution in [0.4, 0.5) is 8.78 Å². The van der Waals surface area contributed by atoms with Crippen molar-refractivity contribution in [2.45, 2.75) is 6.54 Å². The summed E-state index contributed by atoms with van der Waals surface area (Å²) in [6.45, 7) is 0.0383. The summed E-state index contributed by atoms with van der Waals surface area (Å²) in [6.07, 6.45) is 1.58. The quantitative estimate of drug-likeness (QED) is 0.392. The lowest BCUT2D eigenvalue weighted by Gasteiger charge is -2.10. The minimum Gasteiger partial charge on any atom is -0.306 e. The maximum Gasteiger partial charge on any atom is 0.323 e. The van der Waals surface area contributed by atoms with Crippen molar-refractivity contribution in [2.24, 2.45) is 0 Å². The summed E-state index contributed by atoms with van der Waals surface area (Å²) < 4.78 is 31.0.